The number of rotatable bonds is 9. The van der Waals surface area contributed by atoms with Crippen molar-refractivity contribution >= 4 is 38.5 Å². The van der Waals surface area contributed by atoms with E-state index in [0.29, 0.717) is 12.2 Å². The molecule has 0 unspecified atom stereocenters. The fourth-order valence-corrected chi connectivity index (χ4v) is 4.55. The van der Waals surface area contributed by atoms with Gasteiger partial charge in [-0.3, -0.25) is 4.79 Å². The number of nitrogens with zero attached hydrogens (tertiary/aromatic N) is 1. The maximum Gasteiger partial charge on any atom is 0.490 e. The molecule has 0 saturated heterocycles. The van der Waals surface area contributed by atoms with Crippen molar-refractivity contribution in [2.75, 3.05) is 11.5 Å². The molecule has 0 radical (unpaired) electrons. The third-order valence-electron chi connectivity index (χ3n) is 4.97. The number of carboxylic acids is 1. The molecular weight excluding hydrogens is 513 g/mol. The molecular formula is C24H27F3N4O5S. The SMILES string of the molecule is CCCS(=O)(=O)N[C@@H](Cc1cccc2ccccc12)C(=O)NCc1ccc(N)nc1.O=C(O)C(F)(F)F. The van der Waals surface area contributed by atoms with Crippen LogP contribution in [0, 0.1) is 0 Å². The van der Waals surface area contributed by atoms with E-state index in [4.69, 9.17) is 15.6 Å². The molecule has 1 amide bonds. The molecule has 9 nitrogen and oxygen atoms in total. The number of pyridine rings is 1. The van der Waals surface area contributed by atoms with E-state index in [1.807, 2.05) is 42.5 Å². The molecule has 13 heteroatoms. The molecule has 3 aromatic rings. The van der Waals surface area contributed by atoms with Crippen LogP contribution in [-0.4, -0.2) is 48.4 Å². The summed E-state index contributed by atoms with van der Waals surface area (Å²) >= 11 is 0. The van der Waals surface area contributed by atoms with Crippen molar-refractivity contribution in [3.8, 4) is 0 Å². The molecule has 0 spiro atoms. The quantitative estimate of drug-likeness (QED) is 0.326. The lowest BCUT2D eigenvalue weighted by Crippen LogP contribution is -2.48. The minimum atomic E-state index is -5.08. The third-order valence-corrected chi connectivity index (χ3v) is 6.56. The first-order valence-corrected chi connectivity index (χ1v) is 12.7. The number of hydrogen-bond donors (Lipinski definition) is 4. The summed E-state index contributed by atoms with van der Waals surface area (Å²) in [6.07, 6.45) is -2.79. The van der Waals surface area contributed by atoms with E-state index in [-0.39, 0.29) is 24.6 Å². The van der Waals surface area contributed by atoms with E-state index in [9.17, 15) is 26.4 Å². The molecule has 0 aliphatic rings. The van der Waals surface area contributed by atoms with Crippen molar-refractivity contribution in [2.45, 2.75) is 38.5 Å². The van der Waals surface area contributed by atoms with E-state index >= 15 is 0 Å². The third kappa shape index (κ3) is 9.69. The molecule has 0 bridgehead atoms. The predicted molar refractivity (Wildman–Crippen MR) is 133 cm³/mol. The summed E-state index contributed by atoms with van der Waals surface area (Å²) in [5, 5.41) is 12.0. The van der Waals surface area contributed by atoms with Gasteiger partial charge < -0.3 is 16.2 Å². The standard InChI is InChI=1S/C22H26N4O3S.C2HF3O2/c1-2-12-30(28,29)26-20(22(27)25-15-16-10-11-21(23)24-14-16)13-18-8-5-7-17-6-3-4-9-19(17)18;3-2(4,5)1(6)7/h3-11,14,20,26H,2,12-13,15H2,1H3,(H2,23,24)(H,25,27);(H,6,7)/t20-;/m0./s1. The normalized spacial score (nSPS) is 12.3. The second-order valence-corrected chi connectivity index (χ2v) is 9.82. The zero-order valence-corrected chi connectivity index (χ0v) is 20.6. The van der Waals surface area contributed by atoms with E-state index in [0.717, 1.165) is 21.9 Å². The minimum Gasteiger partial charge on any atom is -0.475 e. The predicted octanol–water partition coefficient (Wildman–Crippen LogP) is 3.01. The van der Waals surface area contributed by atoms with Gasteiger partial charge in [-0.15, -0.1) is 0 Å². The summed E-state index contributed by atoms with van der Waals surface area (Å²) in [6.45, 7) is 2.01. The first-order chi connectivity index (χ1) is 17.3. The van der Waals surface area contributed by atoms with Crippen molar-refractivity contribution in [3.05, 3.63) is 71.9 Å². The van der Waals surface area contributed by atoms with Gasteiger partial charge >= 0.3 is 12.1 Å². The van der Waals surface area contributed by atoms with Crippen LogP contribution in [0.25, 0.3) is 10.8 Å². The summed E-state index contributed by atoms with van der Waals surface area (Å²) in [5.41, 5.74) is 7.26. The maximum atomic E-state index is 12.9. The van der Waals surface area contributed by atoms with Gasteiger partial charge in [0.1, 0.15) is 11.9 Å². The number of sulfonamides is 1. The van der Waals surface area contributed by atoms with Crippen LogP contribution in [-0.2, 0) is 32.6 Å². The van der Waals surface area contributed by atoms with Crippen molar-refractivity contribution in [2.24, 2.45) is 0 Å². The minimum absolute atomic E-state index is 0.0335. The fraction of sp³-hybridized carbons (Fsp3) is 0.292. The number of halogens is 3. The van der Waals surface area contributed by atoms with Crippen LogP contribution in [0.2, 0.25) is 0 Å². The molecule has 37 heavy (non-hydrogen) atoms. The Hall–Kier alpha value is -3.71. The first kappa shape index (κ1) is 29.5. The molecule has 200 valence electrons. The van der Waals surface area contributed by atoms with Crippen LogP contribution >= 0.6 is 0 Å². The Kier molecular flexibility index (Phi) is 10.4. The smallest absolute Gasteiger partial charge is 0.475 e. The molecule has 2 aromatic carbocycles. The summed E-state index contributed by atoms with van der Waals surface area (Å²) < 4.78 is 59.1. The van der Waals surface area contributed by atoms with Gasteiger partial charge in [0.15, 0.2) is 0 Å². The molecule has 0 fully saturated rings. The molecule has 5 N–H and O–H groups in total. The van der Waals surface area contributed by atoms with Crippen molar-refractivity contribution in [3.63, 3.8) is 0 Å². The van der Waals surface area contributed by atoms with Gasteiger partial charge in [0.05, 0.1) is 5.75 Å². The number of nitrogens with one attached hydrogen (secondary N) is 2. The van der Waals surface area contributed by atoms with Crippen LogP contribution in [0.3, 0.4) is 0 Å². The highest BCUT2D eigenvalue weighted by atomic mass is 32.2. The molecule has 0 aliphatic heterocycles. The van der Waals surface area contributed by atoms with Gasteiger partial charge in [-0.1, -0.05) is 55.5 Å². The second-order valence-electron chi connectivity index (χ2n) is 7.94. The average Bonchev–Trinajstić information content (AvgIpc) is 2.83. The van der Waals surface area contributed by atoms with Crippen LogP contribution < -0.4 is 15.8 Å². The summed E-state index contributed by atoms with van der Waals surface area (Å²) in [4.78, 5) is 25.8. The molecule has 3 rings (SSSR count). The number of aromatic nitrogens is 1. The number of carbonyl (C=O) groups is 2. The Labute approximate surface area is 211 Å². The van der Waals surface area contributed by atoms with Gasteiger partial charge in [0, 0.05) is 12.7 Å². The number of alkyl halides is 3. The number of carbonyl (C=O) groups excluding carboxylic acids is 1. The molecule has 0 saturated carbocycles. The number of aliphatic carboxylic acids is 1. The number of carboxylic acid groups (broad SMARTS) is 1. The summed E-state index contributed by atoms with van der Waals surface area (Å²) in [6, 6.07) is 16.1. The lowest BCUT2D eigenvalue weighted by atomic mass is 9.99. The highest BCUT2D eigenvalue weighted by Gasteiger charge is 2.38. The zero-order chi connectivity index (χ0) is 27.6. The van der Waals surface area contributed by atoms with E-state index in [2.05, 4.69) is 15.0 Å². The Morgan fingerprint density at radius 1 is 1.08 bits per heavy atom. The molecule has 0 aliphatic carbocycles. The Morgan fingerprint density at radius 3 is 2.32 bits per heavy atom. The van der Waals surface area contributed by atoms with Crippen molar-refractivity contribution in [1.82, 2.24) is 15.0 Å². The Balaban J connectivity index is 0.000000604. The number of benzene rings is 2. The zero-order valence-electron chi connectivity index (χ0n) is 19.8. The van der Waals surface area contributed by atoms with Gasteiger partial charge in [-0.05, 0) is 40.8 Å². The van der Waals surface area contributed by atoms with E-state index < -0.39 is 28.2 Å². The molecule has 1 aromatic heterocycles. The van der Waals surface area contributed by atoms with Crippen LogP contribution in [0.15, 0.2) is 60.8 Å². The lowest BCUT2D eigenvalue weighted by molar-refractivity contribution is -0.192. The topological polar surface area (TPSA) is 151 Å². The van der Waals surface area contributed by atoms with Crippen molar-refractivity contribution in [1.29, 1.82) is 0 Å². The van der Waals surface area contributed by atoms with Crippen LogP contribution in [0.1, 0.15) is 24.5 Å². The highest BCUT2D eigenvalue weighted by molar-refractivity contribution is 7.89. The number of fused-ring (bicyclic) bond motifs is 1. The van der Waals surface area contributed by atoms with E-state index in [1.165, 1.54) is 0 Å². The Bertz CT molecular complexity index is 1310. The summed E-state index contributed by atoms with van der Waals surface area (Å²) in [7, 11) is -3.58. The molecule has 1 heterocycles. The van der Waals surface area contributed by atoms with Gasteiger partial charge in [0.2, 0.25) is 15.9 Å². The highest BCUT2D eigenvalue weighted by Crippen LogP contribution is 2.20. The lowest BCUT2D eigenvalue weighted by Gasteiger charge is -2.19. The number of nitrogen functional groups attached to an aromatic ring is 1. The van der Waals surface area contributed by atoms with Gasteiger partial charge in [-0.2, -0.15) is 13.2 Å². The average molecular weight is 541 g/mol. The monoisotopic (exact) mass is 540 g/mol. The van der Waals surface area contributed by atoms with Crippen LogP contribution in [0.5, 0.6) is 0 Å². The second kappa shape index (κ2) is 13.0. The van der Waals surface area contributed by atoms with E-state index in [1.54, 1.807) is 25.3 Å². The number of amides is 1. The van der Waals surface area contributed by atoms with Gasteiger partial charge in [0.25, 0.3) is 0 Å². The van der Waals surface area contributed by atoms with Gasteiger partial charge in [-0.25, -0.2) is 22.9 Å². The Morgan fingerprint density at radius 2 is 1.73 bits per heavy atom. The summed E-state index contributed by atoms with van der Waals surface area (Å²) in [5.74, 6) is -2.79. The number of nitrogens with two attached hydrogens (primary N) is 1. The first-order valence-electron chi connectivity index (χ1n) is 11.1. The maximum absolute atomic E-state index is 12.9. The van der Waals surface area contributed by atoms with Crippen LogP contribution in [0.4, 0.5) is 19.0 Å². The number of hydrogen-bond acceptors (Lipinski definition) is 6. The number of anilines is 1. The molecule has 1 atom stereocenters. The fourth-order valence-electron chi connectivity index (χ4n) is 3.28. The van der Waals surface area contributed by atoms with Crippen molar-refractivity contribution < 1.29 is 36.3 Å². The largest absolute Gasteiger partial charge is 0.490 e.